The normalized spacial score (nSPS) is 27.4. The molecule has 0 aliphatic carbocycles. The van der Waals surface area contributed by atoms with Gasteiger partial charge in [-0.25, -0.2) is 4.98 Å². The van der Waals surface area contributed by atoms with E-state index in [1.54, 1.807) is 0 Å². The standard InChI is InChI=1S/C13H23N3O/c1-10(2)12(14)11-7-15-9-16(11)13(3)5-4-6-17-8-13/h7,9-10,12H,4-6,8,14H2,1-3H3. The van der Waals surface area contributed by atoms with Crippen LogP contribution in [-0.4, -0.2) is 22.8 Å². The van der Waals surface area contributed by atoms with Crippen LogP contribution in [-0.2, 0) is 10.3 Å². The van der Waals surface area contributed by atoms with E-state index in [0.717, 1.165) is 31.7 Å². The predicted molar refractivity (Wildman–Crippen MR) is 67.7 cm³/mol. The van der Waals surface area contributed by atoms with Gasteiger partial charge in [0.15, 0.2) is 0 Å². The average molecular weight is 237 g/mol. The zero-order valence-corrected chi connectivity index (χ0v) is 11.0. The van der Waals surface area contributed by atoms with Gasteiger partial charge >= 0.3 is 0 Å². The number of imidazole rings is 1. The highest BCUT2D eigenvalue weighted by molar-refractivity contribution is 5.09. The lowest BCUT2D eigenvalue weighted by molar-refractivity contribution is 0.00757. The van der Waals surface area contributed by atoms with Gasteiger partial charge in [-0.1, -0.05) is 13.8 Å². The first-order valence-corrected chi connectivity index (χ1v) is 6.40. The van der Waals surface area contributed by atoms with E-state index in [9.17, 15) is 0 Å². The molecule has 1 aromatic heterocycles. The third-order valence-electron chi connectivity index (χ3n) is 3.73. The van der Waals surface area contributed by atoms with Gasteiger partial charge in [0.25, 0.3) is 0 Å². The van der Waals surface area contributed by atoms with Crippen molar-refractivity contribution in [2.24, 2.45) is 11.7 Å². The number of ether oxygens (including phenoxy) is 1. The lowest BCUT2D eigenvalue weighted by Crippen LogP contribution is -2.40. The summed E-state index contributed by atoms with van der Waals surface area (Å²) < 4.78 is 7.83. The highest BCUT2D eigenvalue weighted by Crippen LogP contribution is 2.31. The summed E-state index contributed by atoms with van der Waals surface area (Å²) in [4.78, 5) is 4.27. The summed E-state index contributed by atoms with van der Waals surface area (Å²) in [5.41, 5.74) is 7.38. The highest BCUT2D eigenvalue weighted by atomic mass is 16.5. The summed E-state index contributed by atoms with van der Waals surface area (Å²) in [5, 5.41) is 0. The summed E-state index contributed by atoms with van der Waals surface area (Å²) in [5.74, 6) is 0.415. The molecule has 1 aliphatic rings. The molecule has 4 heteroatoms. The van der Waals surface area contributed by atoms with Gasteiger partial charge in [-0.05, 0) is 25.7 Å². The Kier molecular flexibility index (Phi) is 3.54. The molecule has 0 radical (unpaired) electrons. The molecule has 1 fully saturated rings. The fourth-order valence-corrected chi connectivity index (χ4v) is 2.45. The van der Waals surface area contributed by atoms with Crippen LogP contribution in [0.4, 0.5) is 0 Å². The van der Waals surface area contributed by atoms with Crippen molar-refractivity contribution in [1.82, 2.24) is 9.55 Å². The second kappa shape index (κ2) is 4.78. The third kappa shape index (κ3) is 2.38. The Morgan fingerprint density at radius 1 is 1.53 bits per heavy atom. The van der Waals surface area contributed by atoms with E-state index in [0.29, 0.717) is 5.92 Å². The van der Waals surface area contributed by atoms with Crippen molar-refractivity contribution in [3.63, 3.8) is 0 Å². The van der Waals surface area contributed by atoms with Crippen LogP contribution in [0.1, 0.15) is 45.3 Å². The van der Waals surface area contributed by atoms with Crippen molar-refractivity contribution < 1.29 is 4.74 Å². The van der Waals surface area contributed by atoms with Crippen molar-refractivity contribution >= 4 is 0 Å². The van der Waals surface area contributed by atoms with Gasteiger partial charge in [-0.2, -0.15) is 0 Å². The lowest BCUT2D eigenvalue weighted by Gasteiger charge is -2.37. The fraction of sp³-hybridized carbons (Fsp3) is 0.769. The number of aromatic nitrogens is 2. The second-order valence-electron chi connectivity index (χ2n) is 5.61. The number of rotatable bonds is 3. The van der Waals surface area contributed by atoms with Crippen LogP contribution in [0, 0.1) is 5.92 Å². The molecule has 1 aliphatic heterocycles. The van der Waals surface area contributed by atoms with E-state index in [4.69, 9.17) is 10.5 Å². The minimum absolute atomic E-state index is 0.0105. The summed E-state index contributed by atoms with van der Waals surface area (Å²) >= 11 is 0. The maximum Gasteiger partial charge on any atom is 0.0954 e. The van der Waals surface area contributed by atoms with Crippen molar-refractivity contribution in [3.05, 3.63) is 18.2 Å². The molecule has 1 saturated heterocycles. The fourth-order valence-electron chi connectivity index (χ4n) is 2.45. The highest BCUT2D eigenvalue weighted by Gasteiger charge is 2.32. The monoisotopic (exact) mass is 237 g/mol. The summed E-state index contributed by atoms with van der Waals surface area (Å²) in [6.07, 6.45) is 6.02. The number of nitrogens with zero attached hydrogens (tertiary/aromatic N) is 2. The van der Waals surface area contributed by atoms with E-state index in [1.807, 2.05) is 12.5 Å². The first kappa shape index (κ1) is 12.6. The van der Waals surface area contributed by atoms with Crippen molar-refractivity contribution in [1.29, 1.82) is 0 Å². The molecule has 0 bridgehead atoms. The smallest absolute Gasteiger partial charge is 0.0954 e. The molecule has 1 aromatic rings. The largest absolute Gasteiger partial charge is 0.379 e. The van der Waals surface area contributed by atoms with E-state index in [2.05, 4.69) is 30.3 Å². The van der Waals surface area contributed by atoms with Crippen LogP contribution in [0.5, 0.6) is 0 Å². The van der Waals surface area contributed by atoms with Crippen LogP contribution >= 0.6 is 0 Å². The number of hydrogen-bond acceptors (Lipinski definition) is 3. The van der Waals surface area contributed by atoms with Crippen LogP contribution in [0.2, 0.25) is 0 Å². The summed E-state index contributed by atoms with van der Waals surface area (Å²) in [6.45, 7) is 8.13. The van der Waals surface area contributed by atoms with Gasteiger partial charge < -0.3 is 15.0 Å². The predicted octanol–water partition coefficient (Wildman–Crippen LogP) is 2.06. The van der Waals surface area contributed by atoms with Crippen LogP contribution < -0.4 is 5.73 Å². The quantitative estimate of drug-likeness (QED) is 0.875. The summed E-state index contributed by atoms with van der Waals surface area (Å²) in [6, 6.07) is 0.0382. The molecule has 0 aromatic carbocycles. The average Bonchev–Trinajstić information content (AvgIpc) is 2.78. The molecule has 0 amide bonds. The van der Waals surface area contributed by atoms with Crippen LogP contribution in [0.25, 0.3) is 0 Å². The Morgan fingerprint density at radius 3 is 2.88 bits per heavy atom. The Balaban J connectivity index is 2.29. The minimum Gasteiger partial charge on any atom is -0.379 e. The molecule has 0 saturated carbocycles. The van der Waals surface area contributed by atoms with E-state index >= 15 is 0 Å². The van der Waals surface area contributed by atoms with E-state index in [-0.39, 0.29) is 11.6 Å². The molecule has 2 rings (SSSR count). The zero-order chi connectivity index (χ0) is 12.5. The van der Waals surface area contributed by atoms with Crippen LogP contribution in [0.15, 0.2) is 12.5 Å². The van der Waals surface area contributed by atoms with E-state index in [1.165, 1.54) is 0 Å². The molecular formula is C13H23N3O. The Morgan fingerprint density at radius 2 is 2.29 bits per heavy atom. The van der Waals surface area contributed by atoms with E-state index < -0.39 is 0 Å². The molecule has 0 spiro atoms. The molecule has 17 heavy (non-hydrogen) atoms. The molecule has 2 N–H and O–H groups in total. The van der Waals surface area contributed by atoms with Crippen molar-refractivity contribution in [2.75, 3.05) is 13.2 Å². The molecule has 2 atom stereocenters. The maximum absolute atomic E-state index is 6.25. The number of hydrogen-bond donors (Lipinski definition) is 1. The molecule has 2 unspecified atom stereocenters. The van der Waals surface area contributed by atoms with Gasteiger partial charge in [-0.15, -0.1) is 0 Å². The van der Waals surface area contributed by atoms with Crippen molar-refractivity contribution in [2.45, 2.75) is 45.2 Å². The van der Waals surface area contributed by atoms with Gasteiger partial charge in [0.1, 0.15) is 0 Å². The van der Waals surface area contributed by atoms with Gasteiger partial charge in [0, 0.05) is 18.8 Å². The zero-order valence-electron chi connectivity index (χ0n) is 11.0. The third-order valence-corrected chi connectivity index (χ3v) is 3.73. The molecule has 96 valence electrons. The van der Waals surface area contributed by atoms with Gasteiger partial charge in [0.05, 0.1) is 24.2 Å². The Bertz CT molecular complexity index is 366. The molecular weight excluding hydrogens is 214 g/mol. The minimum atomic E-state index is 0.0105. The van der Waals surface area contributed by atoms with Gasteiger partial charge in [0.2, 0.25) is 0 Å². The lowest BCUT2D eigenvalue weighted by atomic mass is 9.93. The SMILES string of the molecule is CC(C)C(N)c1cncn1C1(C)CCCOC1. The van der Waals surface area contributed by atoms with Crippen LogP contribution in [0.3, 0.4) is 0 Å². The Labute approximate surface area is 103 Å². The second-order valence-corrected chi connectivity index (χ2v) is 5.61. The van der Waals surface area contributed by atoms with Crippen molar-refractivity contribution in [3.8, 4) is 0 Å². The first-order valence-electron chi connectivity index (χ1n) is 6.40. The summed E-state index contributed by atoms with van der Waals surface area (Å²) in [7, 11) is 0. The Hall–Kier alpha value is -0.870. The molecule has 4 nitrogen and oxygen atoms in total. The topological polar surface area (TPSA) is 53.1 Å². The number of nitrogens with two attached hydrogens (primary N) is 1. The maximum atomic E-state index is 6.25. The first-order chi connectivity index (χ1) is 8.04. The van der Waals surface area contributed by atoms with Gasteiger partial charge in [-0.3, -0.25) is 0 Å². The molecule has 2 heterocycles.